The molecule has 0 fully saturated rings. The van der Waals surface area contributed by atoms with Crippen molar-refractivity contribution in [2.75, 3.05) is 33.0 Å². The minimum atomic E-state index is -0.0251. The van der Waals surface area contributed by atoms with Gasteiger partial charge in [0, 0.05) is 24.3 Å². The van der Waals surface area contributed by atoms with Crippen LogP contribution >= 0.6 is 0 Å². The van der Waals surface area contributed by atoms with Crippen molar-refractivity contribution in [3.8, 4) is 5.75 Å². The molecule has 5 nitrogen and oxygen atoms in total. The van der Waals surface area contributed by atoms with Crippen LogP contribution in [-0.4, -0.2) is 38.1 Å². The monoisotopic (exact) mass is 327 g/mol. The summed E-state index contributed by atoms with van der Waals surface area (Å²) in [5.41, 5.74) is 8.26. The fourth-order valence-corrected chi connectivity index (χ4v) is 2.21. The maximum Gasteiger partial charge on any atom is 0.224 e. The Morgan fingerprint density at radius 1 is 1.12 bits per heavy atom. The third kappa shape index (κ3) is 5.93. The molecule has 0 radical (unpaired) electrons. The van der Waals surface area contributed by atoms with E-state index in [9.17, 15) is 4.79 Å². The van der Waals surface area contributed by atoms with E-state index < -0.39 is 0 Å². The molecule has 24 heavy (non-hydrogen) atoms. The lowest BCUT2D eigenvalue weighted by molar-refractivity contribution is -0.120. The second-order valence-electron chi connectivity index (χ2n) is 5.95. The fourth-order valence-electron chi connectivity index (χ4n) is 2.21. The van der Waals surface area contributed by atoms with Gasteiger partial charge < -0.3 is 20.7 Å². The molecule has 0 heterocycles. The van der Waals surface area contributed by atoms with E-state index in [1.165, 1.54) is 0 Å². The zero-order chi connectivity index (χ0) is 17.4. The number of para-hydroxylation sites is 1. The number of nitrogens with two attached hydrogens (primary N) is 1. The van der Waals surface area contributed by atoms with E-state index in [-0.39, 0.29) is 5.91 Å². The average molecular weight is 327 g/mol. The number of carbonyl (C=O) groups excluding carboxylic acids is 1. The zero-order valence-corrected chi connectivity index (χ0v) is 14.3. The largest absolute Gasteiger partial charge is 0.492 e. The highest BCUT2D eigenvalue weighted by molar-refractivity contribution is 5.78. The van der Waals surface area contributed by atoms with Crippen LogP contribution in [0.15, 0.2) is 48.5 Å². The summed E-state index contributed by atoms with van der Waals surface area (Å²) >= 11 is 0. The van der Waals surface area contributed by atoms with Gasteiger partial charge in [0.25, 0.3) is 0 Å². The van der Waals surface area contributed by atoms with E-state index in [0.717, 1.165) is 23.4 Å². The summed E-state index contributed by atoms with van der Waals surface area (Å²) in [6, 6.07) is 15.1. The highest BCUT2D eigenvalue weighted by Crippen LogP contribution is 2.17. The maximum absolute atomic E-state index is 12.1. The van der Waals surface area contributed by atoms with Gasteiger partial charge in [-0.15, -0.1) is 0 Å². The molecule has 0 spiro atoms. The standard InChI is InChI=1S/C19H25N3O2/c1-22(2)11-12-24-18-6-4-3-5-16(18)14-21-19(23)13-15-7-9-17(20)10-8-15/h3-10H,11-14,20H2,1-2H3,(H,21,23). The van der Waals surface area contributed by atoms with Crippen molar-refractivity contribution in [2.45, 2.75) is 13.0 Å². The first kappa shape index (κ1) is 17.8. The molecular weight excluding hydrogens is 302 g/mol. The number of nitrogen functional groups attached to an aromatic ring is 1. The Hall–Kier alpha value is -2.53. The van der Waals surface area contributed by atoms with E-state index in [2.05, 4.69) is 10.2 Å². The third-order valence-corrected chi connectivity index (χ3v) is 3.59. The van der Waals surface area contributed by atoms with Crippen LogP contribution in [0.4, 0.5) is 5.69 Å². The van der Waals surface area contributed by atoms with Crippen LogP contribution in [0, 0.1) is 0 Å². The Bertz CT molecular complexity index is 654. The van der Waals surface area contributed by atoms with E-state index in [4.69, 9.17) is 10.5 Å². The van der Waals surface area contributed by atoms with E-state index in [1.54, 1.807) is 12.1 Å². The smallest absolute Gasteiger partial charge is 0.224 e. The summed E-state index contributed by atoms with van der Waals surface area (Å²) in [6.07, 6.45) is 0.337. The summed E-state index contributed by atoms with van der Waals surface area (Å²) in [6.45, 7) is 1.91. The molecule has 2 aromatic rings. The van der Waals surface area contributed by atoms with E-state index in [0.29, 0.717) is 25.3 Å². The second kappa shape index (κ2) is 8.93. The molecule has 5 heteroatoms. The van der Waals surface area contributed by atoms with Gasteiger partial charge >= 0.3 is 0 Å². The fraction of sp³-hybridized carbons (Fsp3) is 0.316. The summed E-state index contributed by atoms with van der Waals surface area (Å²) in [4.78, 5) is 14.2. The van der Waals surface area contributed by atoms with E-state index >= 15 is 0 Å². The molecule has 0 aliphatic heterocycles. The maximum atomic E-state index is 12.1. The zero-order valence-electron chi connectivity index (χ0n) is 14.3. The lowest BCUT2D eigenvalue weighted by Crippen LogP contribution is -2.25. The number of nitrogens with one attached hydrogen (secondary N) is 1. The SMILES string of the molecule is CN(C)CCOc1ccccc1CNC(=O)Cc1ccc(N)cc1. The van der Waals surface area contributed by atoms with Gasteiger partial charge in [0.15, 0.2) is 0 Å². The number of anilines is 1. The first-order chi connectivity index (χ1) is 11.5. The first-order valence-electron chi connectivity index (χ1n) is 8.01. The number of hydrogen-bond donors (Lipinski definition) is 2. The van der Waals surface area contributed by atoms with Gasteiger partial charge in [0.2, 0.25) is 5.91 Å². The number of amides is 1. The molecule has 3 N–H and O–H groups in total. The molecule has 0 saturated heterocycles. The molecular formula is C19H25N3O2. The van der Waals surface area contributed by atoms with Gasteiger partial charge in [-0.3, -0.25) is 4.79 Å². The summed E-state index contributed by atoms with van der Waals surface area (Å²) in [7, 11) is 4.01. The molecule has 2 rings (SSSR count). The van der Waals surface area contributed by atoms with Crippen LogP contribution in [0.5, 0.6) is 5.75 Å². The lowest BCUT2D eigenvalue weighted by atomic mass is 10.1. The van der Waals surface area contributed by atoms with Gasteiger partial charge in [0.05, 0.1) is 6.42 Å². The van der Waals surface area contributed by atoms with Crippen molar-refractivity contribution in [3.05, 3.63) is 59.7 Å². The van der Waals surface area contributed by atoms with Crippen LogP contribution in [0.3, 0.4) is 0 Å². The molecule has 1 amide bonds. The van der Waals surface area contributed by atoms with Crippen LogP contribution in [0.25, 0.3) is 0 Å². The van der Waals surface area contributed by atoms with Crippen molar-refractivity contribution in [1.29, 1.82) is 0 Å². The number of carbonyl (C=O) groups is 1. The Labute approximate surface area is 143 Å². The normalized spacial score (nSPS) is 10.6. The Morgan fingerprint density at radius 3 is 2.54 bits per heavy atom. The number of benzene rings is 2. The molecule has 0 saturated carbocycles. The average Bonchev–Trinajstić information content (AvgIpc) is 2.56. The van der Waals surface area contributed by atoms with Crippen molar-refractivity contribution in [3.63, 3.8) is 0 Å². The molecule has 0 bridgehead atoms. The predicted molar refractivity (Wildman–Crippen MR) is 96.9 cm³/mol. The number of likely N-dealkylation sites (N-methyl/N-ethyl adjacent to an activating group) is 1. The van der Waals surface area contributed by atoms with Crippen LogP contribution in [-0.2, 0) is 17.8 Å². The molecule has 0 aromatic heterocycles. The molecule has 0 aliphatic rings. The molecule has 2 aromatic carbocycles. The Balaban J connectivity index is 1.86. The highest BCUT2D eigenvalue weighted by atomic mass is 16.5. The van der Waals surface area contributed by atoms with E-state index in [1.807, 2.05) is 50.5 Å². The second-order valence-corrected chi connectivity index (χ2v) is 5.95. The van der Waals surface area contributed by atoms with Crippen molar-refractivity contribution in [1.82, 2.24) is 10.2 Å². The van der Waals surface area contributed by atoms with Crippen LogP contribution < -0.4 is 15.8 Å². The predicted octanol–water partition coefficient (Wildman–Crippen LogP) is 2.07. The van der Waals surface area contributed by atoms with Crippen LogP contribution in [0.1, 0.15) is 11.1 Å². The Morgan fingerprint density at radius 2 is 1.83 bits per heavy atom. The number of hydrogen-bond acceptors (Lipinski definition) is 4. The number of ether oxygens (including phenoxy) is 1. The van der Waals surface area contributed by atoms with Crippen molar-refractivity contribution < 1.29 is 9.53 Å². The minimum Gasteiger partial charge on any atom is -0.492 e. The number of nitrogens with zero attached hydrogens (tertiary/aromatic N) is 1. The van der Waals surface area contributed by atoms with Gasteiger partial charge in [-0.2, -0.15) is 0 Å². The molecule has 0 atom stereocenters. The molecule has 0 aliphatic carbocycles. The first-order valence-corrected chi connectivity index (χ1v) is 8.01. The Kier molecular flexibility index (Phi) is 6.63. The third-order valence-electron chi connectivity index (χ3n) is 3.59. The topological polar surface area (TPSA) is 67.6 Å². The van der Waals surface area contributed by atoms with Crippen molar-refractivity contribution >= 4 is 11.6 Å². The lowest BCUT2D eigenvalue weighted by Gasteiger charge is -2.14. The minimum absolute atomic E-state index is 0.0251. The van der Waals surface area contributed by atoms with Gasteiger partial charge in [-0.1, -0.05) is 30.3 Å². The summed E-state index contributed by atoms with van der Waals surface area (Å²) in [5, 5.41) is 2.94. The highest BCUT2D eigenvalue weighted by Gasteiger charge is 2.07. The van der Waals surface area contributed by atoms with Crippen molar-refractivity contribution in [2.24, 2.45) is 0 Å². The summed E-state index contributed by atoms with van der Waals surface area (Å²) < 4.78 is 5.80. The van der Waals surface area contributed by atoms with Gasteiger partial charge in [-0.05, 0) is 37.9 Å². The molecule has 0 unspecified atom stereocenters. The van der Waals surface area contributed by atoms with Crippen LogP contribution in [0.2, 0.25) is 0 Å². The number of rotatable bonds is 8. The van der Waals surface area contributed by atoms with Gasteiger partial charge in [0.1, 0.15) is 12.4 Å². The van der Waals surface area contributed by atoms with Gasteiger partial charge in [-0.25, -0.2) is 0 Å². The summed E-state index contributed by atoms with van der Waals surface area (Å²) in [5.74, 6) is 0.787. The quantitative estimate of drug-likeness (QED) is 0.728. The molecule has 128 valence electrons.